The maximum absolute atomic E-state index is 13.9. The van der Waals surface area contributed by atoms with E-state index in [2.05, 4.69) is 0 Å². The topological polar surface area (TPSA) is 115 Å². The molecule has 0 rings (SSSR count). The molecular formula is C14H11F18LiN2O6S2. The van der Waals surface area contributed by atoms with Gasteiger partial charge in [-0.3, -0.25) is 0 Å². The summed E-state index contributed by atoms with van der Waals surface area (Å²) in [4.78, 5) is 11.1. The van der Waals surface area contributed by atoms with Crippen molar-refractivity contribution in [3.05, 3.63) is 0 Å². The van der Waals surface area contributed by atoms with Crippen LogP contribution in [-0.2, 0) is 24.8 Å². The molecule has 0 aliphatic carbocycles. The number of carbonyl (C=O) groups excluding carboxylic acids is 1. The molecule has 0 aromatic rings. The first kappa shape index (κ1) is 43.8. The van der Waals surface area contributed by atoms with Crippen molar-refractivity contribution in [1.82, 2.24) is 8.61 Å². The molecule has 0 bridgehead atoms. The Morgan fingerprint density at radius 3 is 0.930 bits per heavy atom. The van der Waals surface area contributed by atoms with Crippen LogP contribution in [0.3, 0.4) is 0 Å². The number of aliphatic carboxylic acids is 1. The van der Waals surface area contributed by atoms with Crippen LogP contribution < -0.4 is 24.0 Å². The van der Waals surface area contributed by atoms with E-state index in [1.165, 1.54) is 0 Å². The van der Waals surface area contributed by atoms with Crippen LogP contribution in [0, 0.1) is 5.92 Å². The van der Waals surface area contributed by atoms with Crippen LogP contribution >= 0.6 is 0 Å². The molecule has 0 amide bonds. The SMILES string of the molecule is CN(CC(CN(C)S(=O)(=O)C(F)(F)C(F)(F)C(F)(F)C(F)(F)F)C(=O)[O-])S(=O)(=O)C(F)(F)C(F)(F)C(F)(F)C(F)(F)F.[Li+]. The van der Waals surface area contributed by atoms with E-state index in [0.717, 1.165) is 0 Å². The Balaban J connectivity index is 0. The molecule has 8 nitrogen and oxygen atoms in total. The molecule has 0 atom stereocenters. The first-order valence-electron chi connectivity index (χ1n) is 9.38. The molecule has 0 aromatic heterocycles. The molecule has 0 radical (unpaired) electrons. The van der Waals surface area contributed by atoms with Gasteiger partial charge in [-0.2, -0.15) is 87.6 Å². The maximum atomic E-state index is 13.9. The summed E-state index contributed by atoms with van der Waals surface area (Å²) in [6.45, 7) is -5.04. The Morgan fingerprint density at radius 2 is 0.767 bits per heavy atom. The standard InChI is InChI=1S/C14H12F18N2O6S2.Li/c1-33(41(37,38)13(29,30)9(19,20)7(15,16)11(23,24)25)3-5(6(35)36)4-34(2)42(39,40)14(31,32)10(21,22)8(17,18)12(26,27)28;/h5H,3-4H2,1-2H3,(H,35,36);/q;+1/p-1. The van der Waals surface area contributed by atoms with Crippen LogP contribution in [0.4, 0.5) is 79.0 Å². The van der Waals surface area contributed by atoms with Gasteiger partial charge in [0.15, 0.2) is 0 Å². The predicted octanol–water partition coefficient (Wildman–Crippen LogP) is -0.269. The quantitative estimate of drug-likeness (QED) is 0.192. The third-order valence-electron chi connectivity index (χ3n) is 4.99. The first-order chi connectivity index (χ1) is 17.9. The molecule has 0 aromatic carbocycles. The molecule has 43 heavy (non-hydrogen) atoms. The zero-order valence-electron chi connectivity index (χ0n) is 20.5. The van der Waals surface area contributed by atoms with E-state index in [0.29, 0.717) is 0 Å². The van der Waals surface area contributed by atoms with Gasteiger partial charge in [0.2, 0.25) is 0 Å². The second-order valence-corrected chi connectivity index (χ2v) is 12.1. The molecular weight excluding hydrogens is 705 g/mol. The zero-order chi connectivity index (χ0) is 34.7. The molecule has 0 spiro atoms. The minimum atomic E-state index is -7.88. The third-order valence-corrected chi connectivity index (χ3v) is 8.74. The van der Waals surface area contributed by atoms with Crippen LogP contribution in [0.2, 0.25) is 0 Å². The van der Waals surface area contributed by atoms with Crippen LogP contribution in [0.15, 0.2) is 0 Å². The van der Waals surface area contributed by atoms with Gasteiger partial charge in [0.25, 0.3) is 20.0 Å². The van der Waals surface area contributed by atoms with Gasteiger partial charge >= 0.3 is 65.4 Å². The van der Waals surface area contributed by atoms with E-state index < -0.39 is 114 Å². The number of nitrogens with zero attached hydrogens (tertiary/aromatic N) is 2. The van der Waals surface area contributed by atoms with Crippen molar-refractivity contribution in [2.24, 2.45) is 5.92 Å². The summed E-state index contributed by atoms with van der Waals surface area (Å²) in [6.07, 6.45) is -15.1. The van der Waals surface area contributed by atoms with Crippen LogP contribution in [0.25, 0.3) is 0 Å². The number of hydrogen-bond acceptors (Lipinski definition) is 6. The summed E-state index contributed by atoms with van der Waals surface area (Å²) >= 11 is 0. The Hall–Kier alpha value is -1.37. The van der Waals surface area contributed by atoms with Gasteiger partial charge in [0, 0.05) is 39.1 Å². The van der Waals surface area contributed by atoms with Crippen LogP contribution in [-0.4, -0.2) is 105 Å². The minimum absolute atomic E-state index is 0. The monoisotopic (exact) mass is 716 g/mol. The molecule has 252 valence electrons. The summed E-state index contributed by atoms with van der Waals surface area (Å²) in [5, 5.41) is -3.86. The van der Waals surface area contributed by atoms with E-state index in [1.54, 1.807) is 0 Å². The smallest absolute Gasteiger partial charge is 0.550 e. The fraction of sp³-hybridized carbons (Fsp3) is 0.929. The number of carboxylic acid groups (broad SMARTS) is 1. The number of alkyl halides is 18. The van der Waals surface area contributed by atoms with E-state index in [-0.39, 0.29) is 18.9 Å². The van der Waals surface area contributed by atoms with Crippen molar-refractivity contribution in [1.29, 1.82) is 0 Å². The first-order valence-corrected chi connectivity index (χ1v) is 12.3. The molecule has 0 saturated heterocycles. The number of hydrogen-bond donors (Lipinski definition) is 0. The van der Waals surface area contributed by atoms with Crippen molar-refractivity contribution in [2.45, 2.75) is 46.6 Å². The van der Waals surface area contributed by atoms with Gasteiger partial charge in [-0.1, -0.05) is 0 Å². The Morgan fingerprint density at radius 1 is 0.558 bits per heavy atom. The average Bonchev–Trinajstić information content (AvgIpc) is 2.75. The van der Waals surface area contributed by atoms with Crippen molar-refractivity contribution in [3.8, 4) is 0 Å². The van der Waals surface area contributed by atoms with Crippen molar-refractivity contribution in [3.63, 3.8) is 0 Å². The number of sulfonamides is 2. The van der Waals surface area contributed by atoms with Gasteiger partial charge in [0.05, 0.1) is 0 Å². The second-order valence-electron chi connectivity index (χ2n) is 7.91. The summed E-state index contributed by atoms with van der Waals surface area (Å²) in [7, 11) is -16.2. The van der Waals surface area contributed by atoms with Gasteiger partial charge < -0.3 is 9.90 Å². The molecule has 0 N–H and O–H groups in total. The average molecular weight is 716 g/mol. The van der Waals surface area contributed by atoms with Gasteiger partial charge in [-0.25, -0.2) is 16.8 Å². The van der Waals surface area contributed by atoms with Gasteiger partial charge in [0.1, 0.15) is 0 Å². The van der Waals surface area contributed by atoms with Crippen molar-refractivity contribution < 1.29 is 125 Å². The van der Waals surface area contributed by atoms with Crippen LogP contribution in [0.1, 0.15) is 0 Å². The molecule has 0 unspecified atom stereocenters. The van der Waals surface area contributed by atoms with Crippen molar-refractivity contribution in [2.75, 3.05) is 27.2 Å². The van der Waals surface area contributed by atoms with Gasteiger partial charge in [-0.15, -0.1) is 0 Å². The van der Waals surface area contributed by atoms with Crippen LogP contribution in [0.5, 0.6) is 0 Å². The Labute approximate surface area is 239 Å². The summed E-state index contributed by atoms with van der Waals surface area (Å²) in [5.41, 5.74) is 0. The third kappa shape index (κ3) is 6.77. The number of halogens is 18. The molecule has 0 aliphatic heterocycles. The fourth-order valence-electron chi connectivity index (χ4n) is 2.46. The largest absolute Gasteiger partial charge is 1.00 e. The van der Waals surface area contributed by atoms with E-state index >= 15 is 0 Å². The Kier molecular flexibility index (Phi) is 12.3. The zero-order valence-corrected chi connectivity index (χ0v) is 22.1. The fourth-order valence-corrected chi connectivity index (χ4v) is 4.90. The molecule has 0 aliphatic rings. The summed E-state index contributed by atoms with van der Waals surface area (Å²) in [5.74, 6) is -37.8. The summed E-state index contributed by atoms with van der Waals surface area (Å²) in [6, 6.07) is 0. The number of carboxylic acids is 1. The van der Waals surface area contributed by atoms with Gasteiger partial charge in [-0.05, 0) is 0 Å². The predicted molar refractivity (Wildman–Crippen MR) is 93.4 cm³/mol. The molecule has 0 saturated carbocycles. The maximum Gasteiger partial charge on any atom is 1.00 e. The van der Waals surface area contributed by atoms with E-state index in [9.17, 15) is 106 Å². The van der Waals surface area contributed by atoms with E-state index in [1.807, 2.05) is 0 Å². The summed E-state index contributed by atoms with van der Waals surface area (Å²) < 4.78 is 279. The molecule has 29 heteroatoms. The Bertz CT molecular complexity index is 1150. The minimum Gasteiger partial charge on any atom is -0.550 e. The number of carbonyl (C=O) groups is 1. The molecule has 0 heterocycles. The normalized spacial score (nSPS) is 15.7. The van der Waals surface area contributed by atoms with E-state index in [4.69, 9.17) is 0 Å². The molecule has 0 fully saturated rings. The van der Waals surface area contributed by atoms with Crippen molar-refractivity contribution >= 4 is 26.0 Å². The number of rotatable bonds is 13. The second kappa shape index (κ2) is 12.1.